The fourth-order valence-electron chi connectivity index (χ4n) is 4.46. The van der Waals surface area contributed by atoms with Crippen LogP contribution in [0.2, 0.25) is 0 Å². The first-order valence-corrected chi connectivity index (χ1v) is 12.4. The third-order valence-electron chi connectivity index (χ3n) is 6.40. The van der Waals surface area contributed by atoms with Gasteiger partial charge in [0, 0.05) is 13.7 Å². The second-order valence-electron chi connectivity index (χ2n) is 9.01. The molecular weight excluding hydrogens is 448 g/mol. The lowest BCUT2D eigenvalue weighted by Gasteiger charge is -2.29. The Labute approximate surface area is 207 Å². The van der Waals surface area contributed by atoms with Crippen LogP contribution in [0.5, 0.6) is 17.2 Å². The Morgan fingerprint density at radius 3 is 2.54 bits per heavy atom. The van der Waals surface area contributed by atoms with Crippen molar-refractivity contribution in [1.82, 2.24) is 10.2 Å². The molecule has 2 aromatic carbocycles. The number of likely N-dealkylation sites (tertiary alicyclic amines) is 1. The highest BCUT2D eigenvalue weighted by Gasteiger charge is 2.27. The van der Waals surface area contributed by atoms with Crippen LogP contribution in [0.25, 0.3) is 0 Å². The number of nitrogens with one attached hydrogen (secondary N) is 1. The number of fused-ring (bicyclic) bond motifs is 1. The van der Waals surface area contributed by atoms with E-state index < -0.39 is 12.1 Å². The lowest BCUT2D eigenvalue weighted by atomic mass is 10.0. The molecule has 2 heterocycles. The molecule has 1 saturated heterocycles. The summed E-state index contributed by atoms with van der Waals surface area (Å²) in [5, 5.41) is 14.2. The van der Waals surface area contributed by atoms with Gasteiger partial charge in [0.05, 0.1) is 25.7 Å². The van der Waals surface area contributed by atoms with E-state index in [9.17, 15) is 9.90 Å². The SMILES string of the molecule is COCCc1ccc(OCCC(=O)NC(CN2CCCC2)C(O)c2ccc3c(c2)OCCO3)cc1. The van der Waals surface area contributed by atoms with Gasteiger partial charge in [0.1, 0.15) is 25.1 Å². The number of benzene rings is 2. The van der Waals surface area contributed by atoms with Gasteiger partial charge in [-0.25, -0.2) is 0 Å². The van der Waals surface area contributed by atoms with Gasteiger partial charge in [-0.15, -0.1) is 0 Å². The Bertz CT molecular complexity index is 945. The van der Waals surface area contributed by atoms with Crippen LogP contribution in [-0.2, 0) is 16.0 Å². The summed E-state index contributed by atoms with van der Waals surface area (Å²) in [5.41, 5.74) is 1.87. The van der Waals surface area contributed by atoms with E-state index >= 15 is 0 Å². The number of hydrogen-bond donors (Lipinski definition) is 2. The maximum atomic E-state index is 12.8. The highest BCUT2D eigenvalue weighted by atomic mass is 16.6. The van der Waals surface area contributed by atoms with Gasteiger partial charge in [0.2, 0.25) is 5.91 Å². The minimum absolute atomic E-state index is 0.150. The van der Waals surface area contributed by atoms with Crippen molar-refractivity contribution in [2.24, 2.45) is 0 Å². The van der Waals surface area contributed by atoms with Crippen LogP contribution < -0.4 is 19.5 Å². The van der Waals surface area contributed by atoms with Crippen molar-refractivity contribution in [1.29, 1.82) is 0 Å². The van der Waals surface area contributed by atoms with Crippen molar-refractivity contribution in [3.63, 3.8) is 0 Å². The molecule has 2 aliphatic rings. The van der Waals surface area contributed by atoms with Crippen molar-refractivity contribution < 1.29 is 28.8 Å². The first-order valence-electron chi connectivity index (χ1n) is 12.4. The number of amides is 1. The van der Waals surface area contributed by atoms with Crippen LogP contribution in [0, 0.1) is 0 Å². The van der Waals surface area contributed by atoms with Crippen molar-refractivity contribution in [3.8, 4) is 17.2 Å². The largest absolute Gasteiger partial charge is 0.493 e. The lowest BCUT2D eigenvalue weighted by Crippen LogP contribution is -2.47. The van der Waals surface area contributed by atoms with Crippen molar-refractivity contribution in [3.05, 3.63) is 53.6 Å². The molecule has 0 bridgehead atoms. The van der Waals surface area contributed by atoms with E-state index in [0.29, 0.717) is 43.4 Å². The highest BCUT2D eigenvalue weighted by molar-refractivity contribution is 5.76. The normalized spacial score (nSPS) is 17.1. The summed E-state index contributed by atoms with van der Waals surface area (Å²) < 4.78 is 22.1. The van der Waals surface area contributed by atoms with E-state index in [-0.39, 0.29) is 18.9 Å². The minimum Gasteiger partial charge on any atom is -0.493 e. The van der Waals surface area contributed by atoms with E-state index in [0.717, 1.165) is 38.1 Å². The minimum atomic E-state index is -0.865. The maximum absolute atomic E-state index is 12.8. The summed E-state index contributed by atoms with van der Waals surface area (Å²) in [6.07, 6.45) is 2.47. The van der Waals surface area contributed by atoms with Crippen LogP contribution in [-0.4, -0.2) is 75.1 Å². The molecule has 1 amide bonds. The van der Waals surface area contributed by atoms with Crippen LogP contribution in [0.4, 0.5) is 0 Å². The third-order valence-corrected chi connectivity index (χ3v) is 6.40. The molecule has 0 radical (unpaired) electrons. The molecule has 2 aromatic rings. The summed E-state index contributed by atoms with van der Waals surface area (Å²) in [4.78, 5) is 15.1. The van der Waals surface area contributed by atoms with Gasteiger partial charge in [-0.3, -0.25) is 4.79 Å². The lowest BCUT2D eigenvalue weighted by molar-refractivity contribution is -0.123. The predicted molar refractivity (Wildman–Crippen MR) is 132 cm³/mol. The molecule has 0 spiro atoms. The van der Waals surface area contributed by atoms with Gasteiger partial charge in [-0.05, 0) is 67.7 Å². The van der Waals surface area contributed by atoms with Crippen LogP contribution in [0.1, 0.15) is 36.5 Å². The van der Waals surface area contributed by atoms with Gasteiger partial charge in [-0.2, -0.15) is 0 Å². The average Bonchev–Trinajstić information content (AvgIpc) is 3.40. The number of aliphatic hydroxyl groups excluding tert-OH is 1. The van der Waals surface area contributed by atoms with Gasteiger partial charge < -0.3 is 34.3 Å². The number of aliphatic hydroxyl groups is 1. The zero-order valence-electron chi connectivity index (χ0n) is 20.4. The Morgan fingerprint density at radius 2 is 1.80 bits per heavy atom. The zero-order chi connectivity index (χ0) is 24.5. The summed E-state index contributed by atoms with van der Waals surface area (Å²) in [6, 6.07) is 12.8. The van der Waals surface area contributed by atoms with Gasteiger partial charge >= 0.3 is 0 Å². The van der Waals surface area contributed by atoms with Crippen LogP contribution in [0.15, 0.2) is 42.5 Å². The Kier molecular flexibility index (Phi) is 9.22. The number of carbonyl (C=O) groups is 1. The van der Waals surface area contributed by atoms with E-state index in [2.05, 4.69) is 10.2 Å². The molecule has 2 atom stereocenters. The second-order valence-corrected chi connectivity index (χ2v) is 9.01. The standard InChI is InChI=1S/C27H36N2O6/c1-32-14-10-20-4-7-22(8-5-20)33-15-11-26(30)28-23(19-29-12-2-3-13-29)27(31)21-6-9-24-25(18-21)35-17-16-34-24/h4-9,18,23,27,31H,2-3,10-17,19H2,1H3,(H,28,30). The van der Waals surface area contributed by atoms with Gasteiger partial charge in [-0.1, -0.05) is 18.2 Å². The molecular formula is C27H36N2O6. The number of ether oxygens (including phenoxy) is 4. The smallest absolute Gasteiger partial charge is 0.223 e. The Balaban J connectivity index is 1.32. The van der Waals surface area contributed by atoms with Crippen molar-refractivity contribution in [2.45, 2.75) is 37.8 Å². The number of methoxy groups -OCH3 is 1. The molecule has 8 heteroatoms. The van der Waals surface area contributed by atoms with Crippen LogP contribution in [0.3, 0.4) is 0 Å². The highest BCUT2D eigenvalue weighted by Crippen LogP contribution is 2.33. The molecule has 8 nitrogen and oxygen atoms in total. The first kappa shape index (κ1) is 25.3. The summed E-state index contributed by atoms with van der Waals surface area (Å²) in [7, 11) is 1.69. The molecule has 1 fully saturated rings. The summed E-state index contributed by atoms with van der Waals surface area (Å²) in [5.74, 6) is 1.88. The molecule has 2 aliphatic heterocycles. The Morgan fingerprint density at radius 1 is 1.06 bits per heavy atom. The van der Waals surface area contributed by atoms with Gasteiger partial charge in [0.25, 0.3) is 0 Å². The third kappa shape index (κ3) is 7.34. The summed E-state index contributed by atoms with van der Waals surface area (Å²) >= 11 is 0. The zero-order valence-corrected chi connectivity index (χ0v) is 20.4. The van der Waals surface area contributed by atoms with E-state index in [1.54, 1.807) is 7.11 Å². The van der Waals surface area contributed by atoms with E-state index in [4.69, 9.17) is 18.9 Å². The van der Waals surface area contributed by atoms with Gasteiger partial charge in [0.15, 0.2) is 11.5 Å². The maximum Gasteiger partial charge on any atom is 0.223 e. The fraction of sp³-hybridized carbons (Fsp3) is 0.519. The molecule has 0 saturated carbocycles. The summed E-state index contributed by atoms with van der Waals surface area (Å²) in [6.45, 7) is 4.48. The average molecular weight is 485 g/mol. The quantitative estimate of drug-likeness (QED) is 0.479. The molecule has 0 aliphatic carbocycles. The number of rotatable bonds is 12. The molecule has 190 valence electrons. The number of nitrogens with zero attached hydrogens (tertiary/aromatic N) is 1. The molecule has 4 rings (SSSR count). The second kappa shape index (κ2) is 12.8. The van der Waals surface area contributed by atoms with E-state index in [1.807, 2.05) is 42.5 Å². The number of carbonyl (C=O) groups excluding carboxylic acids is 1. The molecule has 35 heavy (non-hydrogen) atoms. The predicted octanol–water partition coefficient (Wildman–Crippen LogP) is 2.73. The monoisotopic (exact) mass is 484 g/mol. The number of hydrogen-bond acceptors (Lipinski definition) is 7. The molecule has 0 aromatic heterocycles. The topological polar surface area (TPSA) is 89.5 Å². The fourth-order valence-corrected chi connectivity index (χ4v) is 4.46. The van der Waals surface area contributed by atoms with Crippen LogP contribution >= 0.6 is 0 Å². The van der Waals surface area contributed by atoms with Crippen molar-refractivity contribution in [2.75, 3.05) is 53.2 Å². The Hall–Kier alpha value is -2.81. The molecule has 2 unspecified atom stereocenters. The molecule has 2 N–H and O–H groups in total. The first-order chi connectivity index (χ1) is 17.1. The van der Waals surface area contributed by atoms with Crippen molar-refractivity contribution >= 4 is 5.91 Å². The van der Waals surface area contributed by atoms with E-state index in [1.165, 1.54) is 5.56 Å².